The summed E-state index contributed by atoms with van der Waals surface area (Å²) in [4.78, 5) is 27.2. The van der Waals surface area contributed by atoms with Crippen LogP contribution >= 0.6 is 0 Å². The lowest BCUT2D eigenvalue weighted by Gasteiger charge is -2.23. The van der Waals surface area contributed by atoms with E-state index in [1.807, 2.05) is 12.1 Å². The quantitative estimate of drug-likeness (QED) is 0.848. The summed E-state index contributed by atoms with van der Waals surface area (Å²) in [6.07, 6.45) is 2.53. The molecule has 2 amide bonds. The molecule has 0 aromatic heterocycles. The summed E-state index contributed by atoms with van der Waals surface area (Å²) >= 11 is 0. The van der Waals surface area contributed by atoms with Crippen LogP contribution in [0.5, 0.6) is 0 Å². The third kappa shape index (κ3) is 3.10. The maximum Gasteiger partial charge on any atom is 0.227 e. The molecule has 2 rings (SSSR count). The highest BCUT2D eigenvalue weighted by molar-refractivity contribution is 5.95. The van der Waals surface area contributed by atoms with Crippen molar-refractivity contribution in [1.82, 2.24) is 4.90 Å². The molecule has 0 unspecified atom stereocenters. The Kier molecular flexibility index (Phi) is 4.27. The van der Waals surface area contributed by atoms with Crippen LogP contribution in [0.3, 0.4) is 0 Å². The smallest absolute Gasteiger partial charge is 0.227 e. The van der Waals surface area contributed by atoms with Crippen molar-refractivity contribution in [3.05, 3.63) is 23.8 Å². The number of amides is 2. The van der Waals surface area contributed by atoms with E-state index in [1.54, 1.807) is 30.0 Å². The minimum absolute atomic E-state index is 0.0269. The minimum atomic E-state index is 0.0269. The number of nitrogen functional groups attached to an aromatic ring is 1. The number of hydrogen-bond acceptors (Lipinski definition) is 3. The fourth-order valence-corrected chi connectivity index (χ4v) is 2.44. The van der Waals surface area contributed by atoms with Crippen molar-refractivity contribution in [3.63, 3.8) is 0 Å². The number of nitrogens with zero attached hydrogens (tertiary/aromatic N) is 2. The molecule has 0 spiro atoms. The summed E-state index contributed by atoms with van der Waals surface area (Å²) in [6, 6.07) is 5.61. The normalized spacial score (nSPS) is 14.7. The van der Waals surface area contributed by atoms with Crippen LogP contribution in [-0.4, -0.2) is 37.4 Å². The van der Waals surface area contributed by atoms with Gasteiger partial charge in [0.05, 0.1) is 0 Å². The molecule has 1 heterocycles. The molecular weight excluding hydrogens is 254 g/mol. The van der Waals surface area contributed by atoms with Gasteiger partial charge in [0.2, 0.25) is 11.8 Å². The molecule has 108 valence electrons. The number of hydrogen-bond donors (Lipinski definition) is 1. The first-order chi connectivity index (χ1) is 9.49. The van der Waals surface area contributed by atoms with Crippen LogP contribution in [0, 0.1) is 0 Å². The fourth-order valence-electron chi connectivity index (χ4n) is 2.44. The van der Waals surface area contributed by atoms with Crippen molar-refractivity contribution >= 4 is 23.2 Å². The molecule has 5 heteroatoms. The Hall–Kier alpha value is -2.04. The SMILES string of the molecule is CN(C)C(=O)CCN1C(=O)CCCc2cc(N)ccc21. The van der Waals surface area contributed by atoms with Gasteiger partial charge in [0.1, 0.15) is 0 Å². The van der Waals surface area contributed by atoms with E-state index < -0.39 is 0 Å². The van der Waals surface area contributed by atoms with Gasteiger partial charge < -0.3 is 15.5 Å². The van der Waals surface area contributed by atoms with E-state index in [4.69, 9.17) is 5.73 Å². The highest BCUT2D eigenvalue weighted by atomic mass is 16.2. The van der Waals surface area contributed by atoms with E-state index in [-0.39, 0.29) is 11.8 Å². The van der Waals surface area contributed by atoms with Gasteiger partial charge in [-0.2, -0.15) is 0 Å². The third-order valence-corrected chi connectivity index (χ3v) is 3.58. The molecular formula is C15H21N3O2. The number of fused-ring (bicyclic) bond motifs is 1. The van der Waals surface area contributed by atoms with Crippen molar-refractivity contribution in [2.24, 2.45) is 0 Å². The molecule has 0 radical (unpaired) electrons. The largest absolute Gasteiger partial charge is 0.399 e. The summed E-state index contributed by atoms with van der Waals surface area (Å²) in [5.74, 6) is 0.110. The molecule has 1 aliphatic heterocycles. The Morgan fingerprint density at radius 1 is 1.35 bits per heavy atom. The highest BCUT2D eigenvalue weighted by Gasteiger charge is 2.22. The molecule has 0 saturated carbocycles. The minimum Gasteiger partial charge on any atom is -0.399 e. The molecule has 0 fully saturated rings. The van der Waals surface area contributed by atoms with Crippen molar-refractivity contribution in [2.45, 2.75) is 25.7 Å². The van der Waals surface area contributed by atoms with Crippen LogP contribution in [0.4, 0.5) is 11.4 Å². The van der Waals surface area contributed by atoms with Gasteiger partial charge in [-0.05, 0) is 36.6 Å². The zero-order valence-electron chi connectivity index (χ0n) is 12.1. The van der Waals surface area contributed by atoms with E-state index >= 15 is 0 Å². The van der Waals surface area contributed by atoms with Gasteiger partial charge >= 0.3 is 0 Å². The average molecular weight is 275 g/mol. The Morgan fingerprint density at radius 2 is 2.10 bits per heavy atom. The van der Waals surface area contributed by atoms with Gasteiger partial charge in [-0.3, -0.25) is 9.59 Å². The van der Waals surface area contributed by atoms with Crippen molar-refractivity contribution in [1.29, 1.82) is 0 Å². The molecule has 1 aromatic carbocycles. The molecule has 1 aliphatic rings. The Balaban J connectivity index is 2.22. The van der Waals surface area contributed by atoms with Crippen molar-refractivity contribution < 1.29 is 9.59 Å². The monoisotopic (exact) mass is 275 g/mol. The predicted molar refractivity (Wildman–Crippen MR) is 79.5 cm³/mol. The first-order valence-corrected chi connectivity index (χ1v) is 6.88. The Bertz CT molecular complexity index is 526. The van der Waals surface area contributed by atoms with Crippen LogP contribution in [0.15, 0.2) is 18.2 Å². The second kappa shape index (κ2) is 5.94. The predicted octanol–water partition coefficient (Wildman–Crippen LogP) is 1.42. The number of benzene rings is 1. The summed E-state index contributed by atoms with van der Waals surface area (Å²) < 4.78 is 0. The molecule has 0 aliphatic carbocycles. The number of carbonyl (C=O) groups excluding carboxylic acids is 2. The van der Waals surface area contributed by atoms with Gasteiger partial charge in [-0.1, -0.05) is 0 Å². The topological polar surface area (TPSA) is 66.6 Å². The van der Waals surface area contributed by atoms with E-state index in [9.17, 15) is 9.59 Å². The van der Waals surface area contributed by atoms with Crippen LogP contribution in [-0.2, 0) is 16.0 Å². The number of nitrogens with two attached hydrogens (primary N) is 1. The van der Waals surface area contributed by atoms with E-state index in [2.05, 4.69) is 0 Å². The van der Waals surface area contributed by atoms with Gasteiger partial charge in [-0.15, -0.1) is 0 Å². The first kappa shape index (κ1) is 14.4. The second-order valence-corrected chi connectivity index (χ2v) is 5.33. The van der Waals surface area contributed by atoms with Crippen molar-refractivity contribution in [3.8, 4) is 0 Å². The molecule has 1 aromatic rings. The van der Waals surface area contributed by atoms with Gasteiger partial charge in [0.25, 0.3) is 0 Å². The number of carbonyl (C=O) groups is 2. The standard InChI is InChI=1S/C15H21N3O2/c1-17(2)14(19)8-9-18-13-7-6-12(16)10-11(13)4-3-5-15(18)20/h6-7,10H,3-5,8-9,16H2,1-2H3. The van der Waals surface area contributed by atoms with Crippen LogP contribution < -0.4 is 10.6 Å². The number of rotatable bonds is 3. The van der Waals surface area contributed by atoms with E-state index in [0.717, 1.165) is 24.1 Å². The molecule has 2 N–H and O–H groups in total. The summed E-state index contributed by atoms with van der Waals surface area (Å²) in [5.41, 5.74) is 8.51. The van der Waals surface area contributed by atoms with Crippen LogP contribution in [0.2, 0.25) is 0 Å². The van der Waals surface area contributed by atoms with Crippen molar-refractivity contribution in [2.75, 3.05) is 31.3 Å². The summed E-state index contributed by atoms with van der Waals surface area (Å²) in [5, 5.41) is 0. The van der Waals surface area contributed by atoms with Gasteiger partial charge in [-0.25, -0.2) is 0 Å². The zero-order chi connectivity index (χ0) is 14.7. The molecule has 0 atom stereocenters. The van der Waals surface area contributed by atoms with Crippen LogP contribution in [0.1, 0.15) is 24.8 Å². The second-order valence-electron chi connectivity index (χ2n) is 5.33. The molecule has 0 saturated heterocycles. The third-order valence-electron chi connectivity index (χ3n) is 3.58. The maximum atomic E-state index is 12.2. The molecule has 20 heavy (non-hydrogen) atoms. The first-order valence-electron chi connectivity index (χ1n) is 6.88. The summed E-state index contributed by atoms with van der Waals surface area (Å²) in [7, 11) is 3.45. The molecule has 0 bridgehead atoms. The lowest BCUT2D eigenvalue weighted by Crippen LogP contribution is -2.34. The van der Waals surface area contributed by atoms with Gasteiger partial charge in [0, 0.05) is 44.9 Å². The maximum absolute atomic E-state index is 12.2. The highest BCUT2D eigenvalue weighted by Crippen LogP contribution is 2.28. The number of anilines is 2. The van der Waals surface area contributed by atoms with E-state index in [1.165, 1.54) is 0 Å². The molecule has 5 nitrogen and oxygen atoms in total. The number of aryl methyl sites for hydroxylation is 1. The lowest BCUT2D eigenvalue weighted by atomic mass is 10.1. The van der Waals surface area contributed by atoms with E-state index in [0.29, 0.717) is 25.1 Å². The average Bonchev–Trinajstić information content (AvgIpc) is 2.54. The zero-order valence-corrected chi connectivity index (χ0v) is 12.1. The summed E-state index contributed by atoms with van der Waals surface area (Å²) in [6.45, 7) is 0.423. The fraction of sp³-hybridized carbons (Fsp3) is 0.467. The van der Waals surface area contributed by atoms with Gasteiger partial charge in [0.15, 0.2) is 0 Å². The van der Waals surface area contributed by atoms with Crippen LogP contribution in [0.25, 0.3) is 0 Å². The Labute approximate surface area is 119 Å². The lowest BCUT2D eigenvalue weighted by molar-refractivity contribution is -0.128. The Morgan fingerprint density at radius 3 is 2.80 bits per heavy atom.